The summed E-state index contributed by atoms with van der Waals surface area (Å²) >= 11 is 0. The molecule has 32 heavy (non-hydrogen) atoms. The summed E-state index contributed by atoms with van der Waals surface area (Å²) in [5.74, 6) is 2.06. The zero-order valence-electron chi connectivity index (χ0n) is 19.0. The minimum Gasteiger partial charge on any atom is -0.482 e. The van der Waals surface area contributed by atoms with Gasteiger partial charge in [0.05, 0.1) is 5.69 Å². The molecule has 0 radical (unpaired) electrons. The second kappa shape index (κ2) is 10.7. The predicted octanol–water partition coefficient (Wildman–Crippen LogP) is 2.15. The summed E-state index contributed by atoms with van der Waals surface area (Å²) in [5, 5.41) is 6.81. The maximum atomic E-state index is 12.8. The van der Waals surface area contributed by atoms with E-state index in [0.717, 1.165) is 56.2 Å². The van der Waals surface area contributed by atoms with E-state index in [9.17, 15) is 9.59 Å². The summed E-state index contributed by atoms with van der Waals surface area (Å²) in [5.41, 5.74) is 0.833. The molecule has 8 nitrogen and oxygen atoms in total. The number of carbonyl (C=O) groups is 2. The number of ether oxygens (including phenoxy) is 1. The summed E-state index contributed by atoms with van der Waals surface area (Å²) in [4.78, 5) is 33.2. The Morgan fingerprint density at radius 2 is 2.00 bits per heavy atom. The first-order valence-corrected chi connectivity index (χ1v) is 11.9. The van der Waals surface area contributed by atoms with Gasteiger partial charge in [-0.15, -0.1) is 0 Å². The van der Waals surface area contributed by atoms with Gasteiger partial charge in [0.2, 0.25) is 5.91 Å². The highest BCUT2D eigenvalue weighted by atomic mass is 16.5. The van der Waals surface area contributed by atoms with Gasteiger partial charge in [-0.1, -0.05) is 31.4 Å². The van der Waals surface area contributed by atoms with Crippen molar-refractivity contribution in [1.82, 2.24) is 15.5 Å². The molecule has 1 aromatic rings. The molecule has 1 aliphatic carbocycles. The highest BCUT2D eigenvalue weighted by Crippen LogP contribution is 2.31. The number of para-hydroxylation sites is 2. The number of likely N-dealkylation sites (tertiary alicyclic amines) is 1. The molecule has 8 heteroatoms. The molecule has 0 aromatic heterocycles. The Kier molecular flexibility index (Phi) is 7.50. The van der Waals surface area contributed by atoms with Crippen molar-refractivity contribution in [3.05, 3.63) is 24.3 Å². The van der Waals surface area contributed by atoms with Gasteiger partial charge in [-0.05, 0) is 37.8 Å². The normalized spacial score (nSPS) is 21.8. The Balaban J connectivity index is 1.20. The van der Waals surface area contributed by atoms with Gasteiger partial charge in [0.1, 0.15) is 5.75 Å². The average molecular weight is 442 g/mol. The Hall–Kier alpha value is -2.77. The Bertz CT molecular complexity index is 837. The topological polar surface area (TPSA) is 86.3 Å². The van der Waals surface area contributed by atoms with Crippen LogP contribution in [0.5, 0.6) is 5.75 Å². The number of nitrogens with zero attached hydrogens (tertiary/aromatic N) is 3. The van der Waals surface area contributed by atoms with E-state index < -0.39 is 0 Å². The van der Waals surface area contributed by atoms with Crippen molar-refractivity contribution in [2.75, 3.05) is 44.7 Å². The van der Waals surface area contributed by atoms with E-state index in [4.69, 9.17) is 4.74 Å². The molecule has 174 valence electrons. The third-order valence-corrected chi connectivity index (χ3v) is 6.68. The number of hydrogen-bond acceptors (Lipinski definition) is 4. The fourth-order valence-electron chi connectivity index (χ4n) is 4.92. The van der Waals surface area contributed by atoms with E-state index in [-0.39, 0.29) is 24.5 Å². The molecular formula is C24H35N5O3. The minimum atomic E-state index is -0.0140. The number of carbonyl (C=O) groups excluding carboxylic acids is 2. The van der Waals surface area contributed by atoms with Crippen molar-refractivity contribution in [2.24, 2.45) is 10.9 Å². The molecule has 0 spiro atoms. The van der Waals surface area contributed by atoms with Crippen LogP contribution in [0.25, 0.3) is 0 Å². The third kappa shape index (κ3) is 5.34. The first-order valence-electron chi connectivity index (χ1n) is 11.9. The lowest BCUT2D eigenvalue weighted by molar-refractivity contribution is -0.135. The van der Waals surface area contributed by atoms with E-state index in [1.807, 2.05) is 29.2 Å². The number of fused-ring (bicyclic) bond motifs is 1. The van der Waals surface area contributed by atoms with Crippen LogP contribution in [0.2, 0.25) is 0 Å². The minimum absolute atomic E-state index is 0.0140. The van der Waals surface area contributed by atoms with E-state index >= 15 is 0 Å². The summed E-state index contributed by atoms with van der Waals surface area (Å²) in [7, 11) is 1.76. The quantitative estimate of drug-likeness (QED) is 0.401. The maximum Gasteiger partial charge on any atom is 0.265 e. The zero-order chi connectivity index (χ0) is 22.3. The molecule has 2 heterocycles. The van der Waals surface area contributed by atoms with Crippen LogP contribution in [0.4, 0.5) is 5.69 Å². The van der Waals surface area contributed by atoms with E-state index in [1.54, 1.807) is 11.9 Å². The zero-order valence-corrected chi connectivity index (χ0v) is 19.0. The molecule has 2 fully saturated rings. The molecule has 1 saturated carbocycles. The lowest BCUT2D eigenvalue weighted by Gasteiger charge is -2.29. The van der Waals surface area contributed by atoms with Crippen LogP contribution >= 0.6 is 0 Å². The second-order valence-corrected chi connectivity index (χ2v) is 8.90. The lowest BCUT2D eigenvalue weighted by atomic mass is 9.88. The third-order valence-electron chi connectivity index (χ3n) is 6.68. The van der Waals surface area contributed by atoms with Gasteiger partial charge in [0.15, 0.2) is 12.6 Å². The van der Waals surface area contributed by atoms with Crippen molar-refractivity contribution in [1.29, 1.82) is 0 Å². The van der Waals surface area contributed by atoms with Crippen molar-refractivity contribution in [2.45, 2.75) is 51.0 Å². The SMILES string of the molecule is CN=C(NCCCN1C(=O)COc2ccccc21)NC1CCN(C(=O)C2CCCCC2)C1. The van der Waals surface area contributed by atoms with Crippen molar-refractivity contribution in [3.8, 4) is 5.75 Å². The van der Waals surface area contributed by atoms with E-state index in [0.29, 0.717) is 19.0 Å². The molecule has 1 saturated heterocycles. The van der Waals surface area contributed by atoms with E-state index in [1.165, 1.54) is 19.3 Å². The van der Waals surface area contributed by atoms with Gasteiger partial charge in [0, 0.05) is 45.2 Å². The molecule has 1 atom stereocenters. The summed E-state index contributed by atoms with van der Waals surface area (Å²) in [6.45, 7) is 2.98. The Labute approximate surface area is 190 Å². The molecule has 4 rings (SSSR count). The van der Waals surface area contributed by atoms with Crippen LogP contribution in [-0.2, 0) is 9.59 Å². The first-order chi connectivity index (χ1) is 15.7. The van der Waals surface area contributed by atoms with Gasteiger partial charge >= 0.3 is 0 Å². The highest BCUT2D eigenvalue weighted by Gasteiger charge is 2.32. The number of rotatable bonds is 6. The van der Waals surface area contributed by atoms with Crippen molar-refractivity contribution >= 4 is 23.5 Å². The number of guanidine groups is 1. The van der Waals surface area contributed by atoms with Crippen LogP contribution in [0.1, 0.15) is 44.9 Å². The van der Waals surface area contributed by atoms with Crippen molar-refractivity contribution < 1.29 is 14.3 Å². The number of hydrogen-bond donors (Lipinski definition) is 2. The molecule has 2 N–H and O–H groups in total. The number of amides is 2. The van der Waals surface area contributed by atoms with Gasteiger partial charge in [-0.3, -0.25) is 14.6 Å². The highest BCUT2D eigenvalue weighted by molar-refractivity contribution is 5.97. The number of aliphatic imine (C=N–C) groups is 1. The van der Waals surface area contributed by atoms with Gasteiger partial charge in [-0.25, -0.2) is 0 Å². The molecule has 3 aliphatic rings. The Morgan fingerprint density at radius 1 is 1.19 bits per heavy atom. The van der Waals surface area contributed by atoms with Gasteiger partial charge in [-0.2, -0.15) is 0 Å². The van der Waals surface area contributed by atoms with Crippen LogP contribution < -0.4 is 20.3 Å². The van der Waals surface area contributed by atoms with Gasteiger partial charge in [0.25, 0.3) is 5.91 Å². The predicted molar refractivity (Wildman–Crippen MR) is 125 cm³/mol. The van der Waals surface area contributed by atoms with Crippen LogP contribution in [0.3, 0.4) is 0 Å². The first kappa shape index (κ1) is 22.4. The molecular weight excluding hydrogens is 406 g/mol. The number of anilines is 1. The molecule has 1 aromatic carbocycles. The van der Waals surface area contributed by atoms with Crippen molar-refractivity contribution in [3.63, 3.8) is 0 Å². The molecule has 2 amide bonds. The number of benzene rings is 1. The fourth-order valence-corrected chi connectivity index (χ4v) is 4.92. The molecule has 2 aliphatic heterocycles. The number of nitrogens with one attached hydrogen (secondary N) is 2. The standard InChI is InChI=1S/C24H35N5O3/c1-25-24(27-19-12-15-28(16-19)23(31)18-8-3-2-4-9-18)26-13-7-14-29-20-10-5-6-11-21(20)32-17-22(29)30/h5-6,10-11,18-19H,2-4,7-9,12-17H2,1H3,(H2,25,26,27). The smallest absolute Gasteiger partial charge is 0.265 e. The summed E-state index contributed by atoms with van der Waals surface area (Å²) < 4.78 is 5.50. The van der Waals surface area contributed by atoms with Crippen LogP contribution in [0, 0.1) is 5.92 Å². The Morgan fingerprint density at radius 3 is 2.81 bits per heavy atom. The summed E-state index contributed by atoms with van der Waals surface area (Å²) in [6, 6.07) is 7.86. The van der Waals surface area contributed by atoms with Crippen LogP contribution in [0.15, 0.2) is 29.3 Å². The lowest BCUT2D eigenvalue weighted by Crippen LogP contribution is -2.46. The summed E-state index contributed by atoms with van der Waals surface area (Å²) in [6.07, 6.45) is 7.46. The largest absolute Gasteiger partial charge is 0.482 e. The van der Waals surface area contributed by atoms with E-state index in [2.05, 4.69) is 15.6 Å². The maximum absolute atomic E-state index is 12.8. The molecule has 1 unspecified atom stereocenters. The fraction of sp³-hybridized carbons (Fsp3) is 0.625. The van der Waals surface area contributed by atoms with Crippen LogP contribution in [-0.4, -0.2) is 68.5 Å². The van der Waals surface area contributed by atoms with Gasteiger partial charge < -0.3 is 25.2 Å². The average Bonchev–Trinajstić information content (AvgIpc) is 3.30. The molecule has 0 bridgehead atoms. The monoisotopic (exact) mass is 441 g/mol. The second-order valence-electron chi connectivity index (χ2n) is 8.90.